The SMILES string of the molecule is CC(C)(C)C(O)CP(C)(C)=O.[Cl-].[Zn]. The Morgan fingerprint density at radius 2 is 1.62 bits per heavy atom. The van der Waals surface area contributed by atoms with Gasteiger partial charge in [-0.15, -0.1) is 0 Å². The molecule has 2 nitrogen and oxygen atoms in total. The normalized spacial score (nSPS) is 14.0. The van der Waals surface area contributed by atoms with E-state index >= 15 is 0 Å². The molecule has 0 heterocycles. The third-order valence-electron chi connectivity index (χ3n) is 1.61. The van der Waals surface area contributed by atoms with Gasteiger partial charge < -0.3 is 22.1 Å². The van der Waals surface area contributed by atoms with E-state index in [4.69, 9.17) is 0 Å². The number of halogens is 1. The summed E-state index contributed by atoms with van der Waals surface area (Å²) in [5.41, 5.74) is -0.151. The number of hydrogen-bond acceptors (Lipinski definition) is 2. The van der Waals surface area contributed by atoms with Crippen LogP contribution in [0.4, 0.5) is 0 Å². The summed E-state index contributed by atoms with van der Waals surface area (Å²) in [4.78, 5) is 0. The van der Waals surface area contributed by atoms with Crippen molar-refractivity contribution in [1.82, 2.24) is 0 Å². The van der Waals surface area contributed by atoms with Gasteiger partial charge in [0.1, 0.15) is 0 Å². The van der Waals surface area contributed by atoms with E-state index in [0.717, 1.165) is 0 Å². The Labute approximate surface area is 100 Å². The van der Waals surface area contributed by atoms with E-state index < -0.39 is 13.2 Å². The average Bonchev–Trinajstić information content (AvgIpc) is 1.56. The Kier molecular flexibility index (Phi) is 9.91. The van der Waals surface area contributed by atoms with E-state index in [0.29, 0.717) is 6.16 Å². The van der Waals surface area contributed by atoms with Crippen LogP contribution in [0.5, 0.6) is 0 Å². The van der Waals surface area contributed by atoms with Crippen LogP contribution in [0.3, 0.4) is 0 Å². The van der Waals surface area contributed by atoms with Crippen molar-refractivity contribution in [2.75, 3.05) is 19.5 Å². The van der Waals surface area contributed by atoms with Gasteiger partial charge in [-0.2, -0.15) is 0 Å². The molecule has 0 radical (unpaired) electrons. The average molecular weight is 279 g/mol. The van der Waals surface area contributed by atoms with Gasteiger partial charge in [0, 0.05) is 25.6 Å². The summed E-state index contributed by atoms with van der Waals surface area (Å²) < 4.78 is 11.3. The predicted molar refractivity (Wildman–Crippen MR) is 49.8 cm³/mol. The molecule has 0 fully saturated rings. The number of aliphatic hydroxyl groups is 1. The van der Waals surface area contributed by atoms with Gasteiger partial charge in [-0.3, -0.25) is 0 Å². The summed E-state index contributed by atoms with van der Waals surface area (Å²) in [5, 5.41) is 9.55. The third-order valence-corrected chi connectivity index (χ3v) is 2.84. The van der Waals surface area contributed by atoms with E-state index in [1.807, 2.05) is 20.8 Å². The van der Waals surface area contributed by atoms with Gasteiger partial charge in [0.15, 0.2) is 0 Å². The fraction of sp³-hybridized carbons (Fsp3) is 1.00. The molecular weight excluding hydrogens is 260 g/mol. The van der Waals surface area contributed by atoms with Gasteiger partial charge in [0.05, 0.1) is 13.2 Å². The van der Waals surface area contributed by atoms with Crippen molar-refractivity contribution in [1.29, 1.82) is 0 Å². The largest absolute Gasteiger partial charge is 1.00 e. The van der Waals surface area contributed by atoms with Crippen LogP contribution in [0.25, 0.3) is 0 Å². The maximum atomic E-state index is 11.3. The minimum absolute atomic E-state index is 0. The molecule has 0 aromatic heterocycles. The molecule has 1 atom stereocenters. The smallest absolute Gasteiger partial charge is 0.0844 e. The first-order valence-corrected chi connectivity index (χ1v) is 6.63. The van der Waals surface area contributed by atoms with E-state index in [-0.39, 0.29) is 37.3 Å². The minimum Gasteiger partial charge on any atom is -1.00 e. The third kappa shape index (κ3) is 11.0. The Balaban J connectivity index is -0.000000500. The van der Waals surface area contributed by atoms with Crippen molar-refractivity contribution in [3.05, 3.63) is 0 Å². The van der Waals surface area contributed by atoms with Crippen LogP contribution in [0.15, 0.2) is 0 Å². The van der Waals surface area contributed by atoms with E-state index in [1.54, 1.807) is 13.3 Å². The Hall–Kier alpha value is 1.10. The first-order chi connectivity index (χ1) is 4.63. The van der Waals surface area contributed by atoms with Crippen molar-refractivity contribution in [2.24, 2.45) is 5.41 Å². The van der Waals surface area contributed by atoms with Crippen LogP contribution in [0.2, 0.25) is 0 Å². The summed E-state index contributed by atoms with van der Waals surface area (Å²) in [6.45, 7) is 9.28. The van der Waals surface area contributed by atoms with Crippen LogP contribution in [0.1, 0.15) is 20.8 Å². The molecular formula is C8H19ClO2PZn-. The van der Waals surface area contributed by atoms with Crippen LogP contribution >= 0.6 is 7.14 Å². The molecule has 1 unspecified atom stereocenters. The summed E-state index contributed by atoms with van der Waals surface area (Å²) >= 11 is 0. The van der Waals surface area contributed by atoms with Crippen LogP contribution in [0, 0.1) is 5.41 Å². The quantitative estimate of drug-likeness (QED) is 0.521. The fourth-order valence-electron chi connectivity index (χ4n) is 0.690. The molecule has 0 bridgehead atoms. The van der Waals surface area contributed by atoms with Gasteiger partial charge in [-0.1, -0.05) is 20.8 Å². The van der Waals surface area contributed by atoms with Crippen LogP contribution in [-0.4, -0.2) is 30.7 Å². The maximum absolute atomic E-state index is 11.3. The molecule has 0 aromatic rings. The van der Waals surface area contributed by atoms with E-state index in [2.05, 4.69) is 0 Å². The van der Waals surface area contributed by atoms with E-state index in [9.17, 15) is 9.67 Å². The molecule has 0 aromatic carbocycles. The Bertz CT molecular complexity index is 173. The van der Waals surface area contributed by atoms with Gasteiger partial charge in [0.2, 0.25) is 0 Å². The summed E-state index contributed by atoms with van der Waals surface area (Å²) in [6, 6.07) is 0. The van der Waals surface area contributed by atoms with Crippen molar-refractivity contribution >= 4 is 7.14 Å². The van der Waals surface area contributed by atoms with Crippen molar-refractivity contribution in [3.63, 3.8) is 0 Å². The standard InChI is InChI=1S/C8H19O2P.ClH.Zn/c1-8(2,3)7(9)6-11(4,5)10;;/h7,9H,6H2,1-5H3;1H;/p-1. The molecule has 78 valence electrons. The van der Waals surface area contributed by atoms with Crippen molar-refractivity contribution in [2.45, 2.75) is 26.9 Å². The molecule has 0 aliphatic heterocycles. The van der Waals surface area contributed by atoms with Crippen molar-refractivity contribution in [3.8, 4) is 0 Å². The topological polar surface area (TPSA) is 37.3 Å². The second kappa shape index (κ2) is 6.56. The fourth-order valence-corrected chi connectivity index (χ4v) is 2.07. The van der Waals surface area contributed by atoms with Gasteiger partial charge >= 0.3 is 0 Å². The molecule has 5 heteroatoms. The van der Waals surface area contributed by atoms with Gasteiger partial charge in [-0.25, -0.2) is 0 Å². The van der Waals surface area contributed by atoms with Crippen LogP contribution < -0.4 is 12.4 Å². The molecule has 0 saturated heterocycles. The Morgan fingerprint density at radius 3 is 1.69 bits per heavy atom. The number of aliphatic hydroxyl groups excluding tert-OH is 1. The molecule has 0 aliphatic rings. The number of hydrogen-bond donors (Lipinski definition) is 1. The molecule has 0 aliphatic carbocycles. The second-order valence-electron chi connectivity index (χ2n) is 4.64. The molecule has 0 saturated carbocycles. The zero-order chi connectivity index (χ0) is 9.28. The van der Waals surface area contributed by atoms with Crippen LogP contribution in [-0.2, 0) is 24.0 Å². The van der Waals surface area contributed by atoms with Gasteiger partial charge in [-0.05, 0) is 18.7 Å². The summed E-state index contributed by atoms with van der Waals surface area (Å²) in [7, 11) is -2.07. The predicted octanol–water partition coefficient (Wildman–Crippen LogP) is -0.982. The zero-order valence-electron chi connectivity index (χ0n) is 9.17. The number of rotatable bonds is 2. The van der Waals surface area contributed by atoms with Gasteiger partial charge in [0.25, 0.3) is 0 Å². The first kappa shape index (κ1) is 19.6. The molecule has 1 N–H and O–H groups in total. The van der Waals surface area contributed by atoms with E-state index in [1.165, 1.54) is 0 Å². The molecule has 0 spiro atoms. The second-order valence-corrected chi connectivity index (χ2v) is 8.15. The molecule has 13 heavy (non-hydrogen) atoms. The minimum atomic E-state index is -2.07. The molecule has 0 rings (SSSR count). The Morgan fingerprint density at radius 1 is 1.31 bits per heavy atom. The zero-order valence-corrected chi connectivity index (χ0v) is 13.8. The summed E-state index contributed by atoms with van der Waals surface area (Å²) in [5.74, 6) is 0. The molecule has 0 amide bonds. The summed E-state index contributed by atoms with van der Waals surface area (Å²) in [6.07, 6.45) is -0.0282. The maximum Gasteiger partial charge on any atom is 0.0844 e. The monoisotopic (exact) mass is 277 g/mol. The first-order valence-electron chi connectivity index (χ1n) is 3.85. The van der Waals surface area contributed by atoms with Crippen molar-refractivity contribution < 1.29 is 41.6 Å².